The Morgan fingerprint density at radius 1 is 1.60 bits per heavy atom. The Labute approximate surface area is 97.8 Å². The lowest BCUT2D eigenvalue weighted by molar-refractivity contribution is 0.348. The summed E-state index contributed by atoms with van der Waals surface area (Å²) in [7, 11) is 0. The van der Waals surface area contributed by atoms with Crippen molar-refractivity contribution in [1.82, 2.24) is 10.1 Å². The number of nitrogens with zero attached hydrogens (tertiary/aromatic N) is 2. The van der Waals surface area contributed by atoms with Crippen LogP contribution in [0.25, 0.3) is 0 Å². The van der Waals surface area contributed by atoms with Gasteiger partial charge in [0.25, 0.3) is 0 Å². The highest BCUT2D eigenvalue weighted by molar-refractivity contribution is 8.06. The summed E-state index contributed by atoms with van der Waals surface area (Å²) in [6, 6.07) is -0.118. The van der Waals surface area contributed by atoms with Crippen molar-refractivity contribution >= 4 is 23.5 Å². The van der Waals surface area contributed by atoms with Crippen LogP contribution in [-0.4, -0.2) is 27.4 Å². The minimum atomic E-state index is -0.118. The summed E-state index contributed by atoms with van der Waals surface area (Å²) in [5.41, 5.74) is 5.83. The fourth-order valence-electron chi connectivity index (χ4n) is 1.34. The van der Waals surface area contributed by atoms with Crippen LogP contribution in [-0.2, 0) is 0 Å². The molecule has 1 aliphatic heterocycles. The Kier molecular flexibility index (Phi) is 3.93. The molecule has 84 valence electrons. The molecule has 0 saturated carbocycles. The topological polar surface area (TPSA) is 64.9 Å². The smallest absolute Gasteiger partial charge is 0.243 e. The lowest BCUT2D eigenvalue weighted by Crippen LogP contribution is -2.10. The zero-order valence-electron chi connectivity index (χ0n) is 8.68. The summed E-state index contributed by atoms with van der Waals surface area (Å²) in [5.74, 6) is 4.85. The number of thioether (sulfide) groups is 2. The van der Waals surface area contributed by atoms with E-state index in [4.69, 9.17) is 10.3 Å². The minimum Gasteiger partial charge on any atom is -0.338 e. The first-order chi connectivity index (χ1) is 7.31. The average Bonchev–Trinajstić information content (AvgIpc) is 2.78. The monoisotopic (exact) mass is 245 g/mol. The highest BCUT2D eigenvalue weighted by Gasteiger charge is 2.23. The molecule has 1 aromatic heterocycles. The summed E-state index contributed by atoms with van der Waals surface area (Å²) >= 11 is 3.85. The van der Waals surface area contributed by atoms with Crippen LogP contribution in [0.15, 0.2) is 4.52 Å². The quantitative estimate of drug-likeness (QED) is 0.878. The van der Waals surface area contributed by atoms with Crippen LogP contribution in [0.4, 0.5) is 0 Å². The zero-order chi connectivity index (χ0) is 10.7. The normalized spacial score (nSPS) is 24.0. The molecule has 2 atom stereocenters. The van der Waals surface area contributed by atoms with Gasteiger partial charge in [0.2, 0.25) is 5.89 Å². The molecule has 1 fully saturated rings. The second-order valence-electron chi connectivity index (χ2n) is 3.44. The second kappa shape index (κ2) is 5.23. The predicted molar refractivity (Wildman–Crippen MR) is 64.0 cm³/mol. The van der Waals surface area contributed by atoms with Crippen molar-refractivity contribution in [2.75, 3.05) is 17.3 Å². The molecule has 2 N–H and O–H groups in total. The fourth-order valence-corrected chi connectivity index (χ4v) is 3.93. The van der Waals surface area contributed by atoms with Gasteiger partial charge < -0.3 is 10.3 Å². The first kappa shape index (κ1) is 11.3. The zero-order valence-corrected chi connectivity index (χ0v) is 10.3. The molecule has 0 spiro atoms. The van der Waals surface area contributed by atoms with Crippen molar-refractivity contribution in [3.63, 3.8) is 0 Å². The summed E-state index contributed by atoms with van der Waals surface area (Å²) < 4.78 is 5.16. The third-order valence-electron chi connectivity index (χ3n) is 2.32. The number of hydrogen-bond acceptors (Lipinski definition) is 6. The first-order valence-electron chi connectivity index (χ1n) is 5.09. The van der Waals surface area contributed by atoms with Gasteiger partial charge in [0, 0.05) is 17.3 Å². The average molecular weight is 245 g/mol. The Bertz CT molecular complexity index is 312. The van der Waals surface area contributed by atoms with Crippen LogP contribution in [0.2, 0.25) is 0 Å². The molecule has 0 bridgehead atoms. The maximum Gasteiger partial charge on any atom is 0.243 e. The molecular weight excluding hydrogens is 230 g/mol. The number of hydrogen-bond donors (Lipinski definition) is 1. The lowest BCUT2D eigenvalue weighted by atomic mass is 10.2. The minimum absolute atomic E-state index is 0.118. The van der Waals surface area contributed by atoms with Gasteiger partial charge in [0.15, 0.2) is 5.82 Å². The van der Waals surface area contributed by atoms with E-state index in [1.165, 1.54) is 11.5 Å². The van der Waals surface area contributed by atoms with Gasteiger partial charge in [-0.3, -0.25) is 0 Å². The highest BCUT2D eigenvalue weighted by atomic mass is 32.2. The SMILES string of the molecule is CC[C@H](N)c1nc(C2CSCCS2)no1. The molecule has 1 aliphatic rings. The van der Waals surface area contributed by atoms with Crippen molar-refractivity contribution in [3.05, 3.63) is 11.7 Å². The number of nitrogens with two attached hydrogens (primary N) is 1. The summed E-state index contributed by atoms with van der Waals surface area (Å²) in [6.45, 7) is 2.01. The van der Waals surface area contributed by atoms with E-state index in [1.54, 1.807) is 0 Å². The Balaban J connectivity index is 2.05. The molecule has 0 radical (unpaired) electrons. The Morgan fingerprint density at radius 3 is 3.13 bits per heavy atom. The van der Waals surface area contributed by atoms with Gasteiger partial charge in [-0.05, 0) is 6.42 Å². The van der Waals surface area contributed by atoms with Crippen molar-refractivity contribution in [1.29, 1.82) is 0 Å². The standard InChI is InChI=1S/C9H15N3OS2/c1-2-6(10)9-11-8(12-13-9)7-5-14-3-4-15-7/h6-7H,2-5,10H2,1H3/t6-,7?/m0/s1. The van der Waals surface area contributed by atoms with Gasteiger partial charge in [0.1, 0.15) is 0 Å². The van der Waals surface area contributed by atoms with Gasteiger partial charge >= 0.3 is 0 Å². The molecular formula is C9H15N3OS2. The third-order valence-corrected chi connectivity index (χ3v) is 5.07. The Hall–Kier alpha value is -0.200. The molecule has 1 aromatic rings. The van der Waals surface area contributed by atoms with E-state index in [0.717, 1.165) is 18.0 Å². The molecule has 1 saturated heterocycles. The van der Waals surface area contributed by atoms with Crippen molar-refractivity contribution in [3.8, 4) is 0 Å². The van der Waals surface area contributed by atoms with E-state index < -0.39 is 0 Å². The van der Waals surface area contributed by atoms with Gasteiger partial charge in [-0.2, -0.15) is 16.7 Å². The van der Waals surface area contributed by atoms with E-state index in [2.05, 4.69) is 10.1 Å². The molecule has 1 unspecified atom stereocenters. The molecule has 15 heavy (non-hydrogen) atoms. The van der Waals surface area contributed by atoms with Gasteiger partial charge in [-0.1, -0.05) is 12.1 Å². The van der Waals surface area contributed by atoms with E-state index in [0.29, 0.717) is 11.1 Å². The molecule has 0 amide bonds. The van der Waals surface area contributed by atoms with Crippen LogP contribution in [0, 0.1) is 0 Å². The van der Waals surface area contributed by atoms with Crippen LogP contribution < -0.4 is 5.73 Å². The summed E-state index contributed by atoms with van der Waals surface area (Å²) in [5, 5.41) is 4.39. The van der Waals surface area contributed by atoms with Gasteiger partial charge in [0.05, 0.1) is 11.3 Å². The van der Waals surface area contributed by atoms with Crippen LogP contribution in [0.3, 0.4) is 0 Å². The molecule has 0 aromatic carbocycles. The maximum atomic E-state index is 5.83. The van der Waals surface area contributed by atoms with Gasteiger partial charge in [-0.15, -0.1) is 11.8 Å². The van der Waals surface area contributed by atoms with Crippen LogP contribution >= 0.6 is 23.5 Å². The maximum absolute atomic E-state index is 5.83. The number of aromatic nitrogens is 2. The van der Waals surface area contributed by atoms with Crippen molar-refractivity contribution < 1.29 is 4.52 Å². The molecule has 4 nitrogen and oxygen atoms in total. The molecule has 6 heteroatoms. The van der Waals surface area contributed by atoms with E-state index >= 15 is 0 Å². The van der Waals surface area contributed by atoms with Gasteiger partial charge in [-0.25, -0.2) is 0 Å². The predicted octanol–water partition coefficient (Wildman–Crippen LogP) is 2.00. The van der Waals surface area contributed by atoms with E-state index in [9.17, 15) is 0 Å². The van der Waals surface area contributed by atoms with E-state index in [-0.39, 0.29) is 6.04 Å². The third kappa shape index (κ3) is 2.68. The van der Waals surface area contributed by atoms with Crippen molar-refractivity contribution in [2.45, 2.75) is 24.6 Å². The molecule has 0 aliphatic carbocycles. The summed E-state index contributed by atoms with van der Waals surface area (Å²) in [4.78, 5) is 4.37. The first-order valence-corrected chi connectivity index (χ1v) is 7.30. The lowest BCUT2D eigenvalue weighted by Gasteiger charge is -2.17. The van der Waals surface area contributed by atoms with E-state index in [1.807, 2.05) is 30.4 Å². The largest absolute Gasteiger partial charge is 0.338 e. The fraction of sp³-hybridized carbons (Fsp3) is 0.778. The highest BCUT2D eigenvalue weighted by Crippen LogP contribution is 2.35. The Morgan fingerprint density at radius 2 is 2.47 bits per heavy atom. The molecule has 2 rings (SSSR count). The second-order valence-corrected chi connectivity index (χ2v) is 5.90. The van der Waals surface area contributed by atoms with Crippen LogP contribution in [0.5, 0.6) is 0 Å². The molecule has 2 heterocycles. The summed E-state index contributed by atoms with van der Waals surface area (Å²) in [6.07, 6.45) is 0.828. The van der Waals surface area contributed by atoms with Crippen LogP contribution in [0.1, 0.15) is 36.4 Å². The van der Waals surface area contributed by atoms with Crippen molar-refractivity contribution in [2.24, 2.45) is 5.73 Å². The number of rotatable bonds is 3.